The van der Waals surface area contributed by atoms with E-state index in [1.807, 2.05) is 24.3 Å². The Morgan fingerprint density at radius 1 is 1.17 bits per heavy atom. The minimum absolute atomic E-state index is 0.145. The highest BCUT2D eigenvalue weighted by Gasteiger charge is 2.10. The van der Waals surface area contributed by atoms with E-state index in [1.54, 1.807) is 12.4 Å². The van der Waals surface area contributed by atoms with Crippen molar-refractivity contribution in [2.45, 2.75) is 12.5 Å². The number of H-pyrrole nitrogens is 1. The van der Waals surface area contributed by atoms with Crippen molar-refractivity contribution in [3.8, 4) is 0 Å². The molecule has 3 aromatic rings. The van der Waals surface area contributed by atoms with Crippen LogP contribution in [0.3, 0.4) is 0 Å². The lowest BCUT2D eigenvalue weighted by molar-refractivity contribution is 0.667. The molecule has 0 amide bonds. The zero-order valence-electron chi connectivity index (χ0n) is 9.88. The molecule has 90 valence electrons. The molecule has 4 nitrogen and oxygen atoms in total. The van der Waals surface area contributed by atoms with Crippen LogP contribution in [-0.2, 0) is 6.42 Å². The van der Waals surface area contributed by atoms with Gasteiger partial charge in [-0.1, -0.05) is 24.3 Å². The number of nitrogens with one attached hydrogen (secondary N) is 1. The fourth-order valence-corrected chi connectivity index (χ4v) is 2.02. The first-order valence-electron chi connectivity index (χ1n) is 5.92. The van der Waals surface area contributed by atoms with Gasteiger partial charge >= 0.3 is 0 Å². The summed E-state index contributed by atoms with van der Waals surface area (Å²) in [5.41, 5.74) is 8.07. The number of imidazole rings is 1. The summed E-state index contributed by atoms with van der Waals surface area (Å²) in [4.78, 5) is 11.8. The van der Waals surface area contributed by atoms with Crippen LogP contribution in [0, 0.1) is 0 Å². The molecular weight excluding hydrogens is 224 g/mol. The lowest BCUT2D eigenvalue weighted by Gasteiger charge is -2.08. The number of nitrogens with zero attached hydrogens (tertiary/aromatic N) is 2. The first-order valence-corrected chi connectivity index (χ1v) is 5.92. The third-order valence-corrected chi connectivity index (χ3v) is 2.96. The van der Waals surface area contributed by atoms with Gasteiger partial charge in [-0.05, 0) is 12.1 Å². The van der Waals surface area contributed by atoms with Gasteiger partial charge < -0.3 is 10.7 Å². The van der Waals surface area contributed by atoms with E-state index in [9.17, 15) is 0 Å². The van der Waals surface area contributed by atoms with Gasteiger partial charge in [-0.3, -0.25) is 4.98 Å². The van der Waals surface area contributed by atoms with Gasteiger partial charge in [-0.25, -0.2) is 4.98 Å². The van der Waals surface area contributed by atoms with Crippen molar-refractivity contribution >= 4 is 10.9 Å². The largest absolute Gasteiger partial charge is 0.347 e. The average molecular weight is 238 g/mol. The van der Waals surface area contributed by atoms with E-state index in [4.69, 9.17) is 5.73 Å². The Morgan fingerprint density at radius 3 is 2.89 bits per heavy atom. The Labute approximate surface area is 105 Å². The van der Waals surface area contributed by atoms with Gasteiger partial charge in [-0.2, -0.15) is 0 Å². The average Bonchev–Trinajstić information content (AvgIpc) is 2.92. The van der Waals surface area contributed by atoms with Crippen LogP contribution in [0.2, 0.25) is 0 Å². The molecule has 0 aliphatic rings. The summed E-state index contributed by atoms with van der Waals surface area (Å²) in [6, 6.07) is 12.0. The summed E-state index contributed by atoms with van der Waals surface area (Å²) < 4.78 is 0. The van der Waals surface area contributed by atoms with Crippen LogP contribution in [-0.4, -0.2) is 15.0 Å². The molecule has 0 fully saturated rings. The number of fused-ring (bicyclic) bond motifs is 1. The van der Waals surface area contributed by atoms with Crippen LogP contribution in [0.15, 0.2) is 48.8 Å². The van der Waals surface area contributed by atoms with E-state index in [-0.39, 0.29) is 6.04 Å². The van der Waals surface area contributed by atoms with Gasteiger partial charge in [0.25, 0.3) is 0 Å². The van der Waals surface area contributed by atoms with Gasteiger partial charge in [0.2, 0.25) is 0 Å². The van der Waals surface area contributed by atoms with Gasteiger partial charge in [0.1, 0.15) is 5.82 Å². The van der Waals surface area contributed by atoms with Gasteiger partial charge in [0.15, 0.2) is 0 Å². The van der Waals surface area contributed by atoms with Crippen LogP contribution in [0.1, 0.15) is 17.6 Å². The van der Waals surface area contributed by atoms with Gasteiger partial charge in [0.05, 0.1) is 11.6 Å². The molecule has 1 unspecified atom stereocenters. The van der Waals surface area contributed by atoms with Crippen molar-refractivity contribution in [1.82, 2.24) is 15.0 Å². The molecule has 0 saturated heterocycles. The number of hydrogen-bond donors (Lipinski definition) is 2. The lowest BCUT2D eigenvalue weighted by Crippen LogP contribution is -2.15. The predicted molar refractivity (Wildman–Crippen MR) is 71.0 cm³/mol. The number of benzene rings is 1. The minimum atomic E-state index is -0.145. The van der Waals surface area contributed by atoms with Crippen molar-refractivity contribution in [2.75, 3.05) is 0 Å². The molecule has 0 aliphatic heterocycles. The number of pyridine rings is 1. The highest BCUT2D eigenvalue weighted by atomic mass is 14.9. The van der Waals surface area contributed by atoms with Crippen LogP contribution in [0.4, 0.5) is 0 Å². The zero-order valence-corrected chi connectivity index (χ0v) is 9.88. The summed E-state index contributed by atoms with van der Waals surface area (Å²) in [5, 5.41) is 1.15. The van der Waals surface area contributed by atoms with Crippen molar-refractivity contribution in [3.63, 3.8) is 0 Å². The molecule has 1 aromatic carbocycles. The maximum atomic E-state index is 6.08. The second-order valence-electron chi connectivity index (χ2n) is 4.28. The molecular formula is C14H14N4. The molecule has 0 bridgehead atoms. The number of aromatic nitrogens is 3. The Kier molecular flexibility index (Phi) is 2.78. The van der Waals surface area contributed by atoms with Crippen molar-refractivity contribution in [1.29, 1.82) is 0 Å². The molecule has 0 aliphatic carbocycles. The molecule has 18 heavy (non-hydrogen) atoms. The van der Waals surface area contributed by atoms with Crippen LogP contribution in [0.25, 0.3) is 10.9 Å². The summed E-state index contributed by atoms with van der Waals surface area (Å²) in [6.07, 6.45) is 4.17. The number of para-hydroxylation sites is 1. The smallest absolute Gasteiger partial charge is 0.123 e. The van der Waals surface area contributed by atoms with Crippen molar-refractivity contribution < 1.29 is 0 Å². The SMILES string of the molecule is NC(Cc1ccc2ccccc2n1)c1ncc[nH]1. The van der Waals surface area contributed by atoms with Crippen LogP contribution in [0.5, 0.6) is 0 Å². The molecule has 4 heteroatoms. The third kappa shape index (κ3) is 2.10. The highest BCUT2D eigenvalue weighted by Crippen LogP contribution is 2.15. The molecule has 1 atom stereocenters. The molecule has 3 rings (SSSR count). The van der Waals surface area contributed by atoms with E-state index in [0.717, 1.165) is 22.4 Å². The third-order valence-electron chi connectivity index (χ3n) is 2.96. The first-order chi connectivity index (χ1) is 8.83. The normalized spacial score (nSPS) is 12.7. The maximum absolute atomic E-state index is 6.08. The Balaban J connectivity index is 1.86. The Morgan fingerprint density at radius 2 is 2.06 bits per heavy atom. The molecule has 0 saturated carbocycles. The quantitative estimate of drug-likeness (QED) is 0.735. The molecule has 0 radical (unpaired) electrons. The second kappa shape index (κ2) is 4.58. The summed E-state index contributed by atoms with van der Waals surface area (Å²) in [7, 11) is 0. The topological polar surface area (TPSA) is 67.6 Å². The van der Waals surface area contributed by atoms with E-state index < -0.39 is 0 Å². The minimum Gasteiger partial charge on any atom is -0.347 e. The van der Waals surface area contributed by atoms with Crippen molar-refractivity contribution in [2.24, 2.45) is 5.73 Å². The van der Waals surface area contributed by atoms with Gasteiger partial charge in [-0.15, -0.1) is 0 Å². The van der Waals surface area contributed by atoms with E-state index in [1.165, 1.54) is 0 Å². The summed E-state index contributed by atoms with van der Waals surface area (Å²) in [6.45, 7) is 0. The van der Waals surface area contributed by atoms with Crippen LogP contribution >= 0.6 is 0 Å². The fourth-order valence-electron chi connectivity index (χ4n) is 2.02. The Hall–Kier alpha value is -2.20. The maximum Gasteiger partial charge on any atom is 0.123 e. The summed E-state index contributed by atoms with van der Waals surface area (Å²) in [5.74, 6) is 0.796. The lowest BCUT2D eigenvalue weighted by atomic mass is 10.1. The van der Waals surface area contributed by atoms with Crippen molar-refractivity contribution in [3.05, 3.63) is 60.3 Å². The number of nitrogens with two attached hydrogens (primary N) is 1. The standard InChI is InChI=1S/C14H14N4/c15-12(14-16-7-8-17-14)9-11-6-5-10-3-1-2-4-13(10)18-11/h1-8,12H,9,15H2,(H,16,17). The fraction of sp³-hybridized carbons (Fsp3) is 0.143. The monoisotopic (exact) mass is 238 g/mol. The Bertz CT molecular complexity index is 646. The summed E-state index contributed by atoms with van der Waals surface area (Å²) >= 11 is 0. The first kappa shape index (κ1) is 10.9. The molecule has 0 spiro atoms. The van der Waals surface area contributed by atoms with Crippen LogP contribution < -0.4 is 5.73 Å². The molecule has 3 N–H and O–H groups in total. The van der Waals surface area contributed by atoms with E-state index in [0.29, 0.717) is 6.42 Å². The van der Waals surface area contributed by atoms with E-state index in [2.05, 4.69) is 27.1 Å². The van der Waals surface area contributed by atoms with E-state index >= 15 is 0 Å². The van der Waals surface area contributed by atoms with Gasteiger partial charge in [0, 0.05) is 29.9 Å². The number of hydrogen-bond acceptors (Lipinski definition) is 3. The second-order valence-corrected chi connectivity index (χ2v) is 4.28. The predicted octanol–water partition coefficient (Wildman–Crippen LogP) is 2.20. The highest BCUT2D eigenvalue weighted by molar-refractivity contribution is 5.78. The number of rotatable bonds is 3. The molecule has 2 aromatic heterocycles. The zero-order chi connectivity index (χ0) is 12.4. The molecule has 2 heterocycles. The number of aromatic amines is 1.